The van der Waals surface area contributed by atoms with Crippen molar-refractivity contribution in [3.63, 3.8) is 0 Å². The van der Waals surface area contributed by atoms with Gasteiger partial charge in [0.1, 0.15) is 14.4 Å². The highest BCUT2D eigenvalue weighted by atomic mass is 79.9. The Morgan fingerprint density at radius 1 is 1.11 bits per heavy atom. The number of halogens is 2. The van der Waals surface area contributed by atoms with Crippen molar-refractivity contribution >= 4 is 49.7 Å². The fourth-order valence-electron chi connectivity index (χ4n) is 2.34. The molecule has 1 aliphatic heterocycles. The Bertz CT molecular complexity index is 838. The minimum Gasteiger partial charge on any atom is -0.431 e. The molecule has 1 fully saturated rings. The van der Waals surface area contributed by atoms with E-state index in [4.69, 9.17) is 9.47 Å². The standard InChI is InChI=1S/C20H23Br2NO5/c1-12(2)15(24)23-11-20(23,28-17(26)19(5,6)22)13-8-7-9-14(10-13)27-16(25)18(3,4)21/h7-10H,1,11H2,2-6H3. The molecule has 1 heterocycles. The first-order valence-corrected chi connectivity index (χ1v) is 10.2. The Labute approximate surface area is 181 Å². The second-order valence-corrected chi connectivity index (χ2v) is 11.7. The van der Waals surface area contributed by atoms with Crippen molar-refractivity contribution in [2.24, 2.45) is 0 Å². The number of nitrogens with zero attached hydrogens (tertiary/aromatic N) is 1. The monoisotopic (exact) mass is 515 g/mol. The number of carbonyl (C=O) groups is 3. The zero-order valence-corrected chi connectivity index (χ0v) is 19.6. The zero-order chi connectivity index (χ0) is 21.5. The number of alkyl halides is 2. The fourth-order valence-corrected chi connectivity index (χ4v) is 2.51. The summed E-state index contributed by atoms with van der Waals surface area (Å²) >= 11 is 6.54. The summed E-state index contributed by atoms with van der Waals surface area (Å²) in [5, 5.41) is 0. The van der Waals surface area contributed by atoms with E-state index in [9.17, 15) is 14.4 Å². The number of amides is 1. The molecule has 1 aromatic rings. The van der Waals surface area contributed by atoms with E-state index in [0.717, 1.165) is 0 Å². The van der Waals surface area contributed by atoms with Crippen molar-refractivity contribution in [2.75, 3.05) is 6.54 Å². The summed E-state index contributed by atoms with van der Waals surface area (Å²) in [7, 11) is 0. The Balaban J connectivity index is 2.39. The summed E-state index contributed by atoms with van der Waals surface area (Å²) in [6.07, 6.45) is 0. The maximum absolute atomic E-state index is 12.5. The van der Waals surface area contributed by atoms with Gasteiger partial charge < -0.3 is 9.47 Å². The van der Waals surface area contributed by atoms with Gasteiger partial charge in [-0.3, -0.25) is 19.3 Å². The minimum absolute atomic E-state index is 0.189. The van der Waals surface area contributed by atoms with E-state index in [1.165, 1.54) is 4.90 Å². The Morgan fingerprint density at radius 3 is 2.18 bits per heavy atom. The van der Waals surface area contributed by atoms with E-state index >= 15 is 0 Å². The Hall–Kier alpha value is -1.67. The number of rotatable bonds is 6. The first-order valence-electron chi connectivity index (χ1n) is 8.60. The molecule has 0 aromatic heterocycles. The van der Waals surface area contributed by atoms with E-state index in [1.54, 1.807) is 58.9 Å². The fraction of sp³-hybridized carbons (Fsp3) is 0.450. The zero-order valence-electron chi connectivity index (χ0n) is 16.5. The lowest BCUT2D eigenvalue weighted by Crippen LogP contribution is -2.35. The lowest BCUT2D eigenvalue weighted by Gasteiger charge is -2.24. The molecule has 0 N–H and O–H groups in total. The van der Waals surface area contributed by atoms with Gasteiger partial charge in [-0.15, -0.1) is 0 Å². The minimum atomic E-state index is -1.26. The molecule has 1 aromatic carbocycles. The summed E-state index contributed by atoms with van der Waals surface area (Å²) in [5.74, 6) is -1.02. The molecule has 1 aliphatic rings. The highest BCUT2D eigenvalue weighted by molar-refractivity contribution is 9.10. The molecule has 8 heteroatoms. The molecule has 1 atom stereocenters. The number of ether oxygens (including phenoxy) is 2. The molecule has 0 radical (unpaired) electrons. The highest BCUT2D eigenvalue weighted by Crippen LogP contribution is 2.46. The maximum atomic E-state index is 12.5. The predicted molar refractivity (Wildman–Crippen MR) is 112 cm³/mol. The predicted octanol–water partition coefficient (Wildman–Crippen LogP) is 4.05. The topological polar surface area (TPSA) is 72.7 Å². The van der Waals surface area contributed by atoms with Gasteiger partial charge in [-0.25, -0.2) is 0 Å². The van der Waals surface area contributed by atoms with Gasteiger partial charge in [-0.05, 0) is 46.8 Å². The highest BCUT2D eigenvalue weighted by Gasteiger charge is 2.61. The number of hydrogen-bond acceptors (Lipinski definition) is 5. The summed E-state index contributed by atoms with van der Waals surface area (Å²) in [5.41, 5.74) is -0.394. The molecular formula is C20H23Br2NO5. The molecule has 1 saturated heterocycles. The van der Waals surface area contributed by atoms with Crippen molar-refractivity contribution in [3.05, 3.63) is 42.0 Å². The number of carbonyl (C=O) groups excluding carboxylic acids is 3. The van der Waals surface area contributed by atoms with Crippen LogP contribution in [0.2, 0.25) is 0 Å². The third-order valence-electron chi connectivity index (χ3n) is 4.04. The number of esters is 2. The van der Waals surface area contributed by atoms with Crippen LogP contribution in [-0.2, 0) is 24.8 Å². The molecule has 0 saturated carbocycles. The molecule has 6 nitrogen and oxygen atoms in total. The van der Waals surface area contributed by atoms with Crippen LogP contribution in [-0.4, -0.2) is 37.9 Å². The quantitative estimate of drug-likeness (QED) is 0.187. The van der Waals surface area contributed by atoms with Crippen LogP contribution in [0.5, 0.6) is 5.75 Å². The van der Waals surface area contributed by atoms with Crippen molar-refractivity contribution in [2.45, 2.75) is 49.0 Å². The first kappa shape index (κ1) is 22.6. The Morgan fingerprint density at radius 2 is 1.68 bits per heavy atom. The molecule has 28 heavy (non-hydrogen) atoms. The van der Waals surface area contributed by atoms with Gasteiger partial charge in [-0.1, -0.05) is 50.6 Å². The lowest BCUT2D eigenvalue weighted by atomic mass is 10.1. The van der Waals surface area contributed by atoms with Crippen LogP contribution in [0.15, 0.2) is 36.4 Å². The molecular weight excluding hydrogens is 494 g/mol. The van der Waals surface area contributed by atoms with Gasteiger partial charge in [0.25, 0.3) is 5.91 Å². The first-order chi connectivity index (χ1) is 12.7. The SMILES string of the molecule is C=C(C)C(=O)N1CC1(OC(=O)C(C)(C)Br)c1cccc(OC(=O)C(C)(C)Br)c1. The largest absolute Gasteiger partial charge is 0.431 e. The second-order valence-electron chi connectivity index (χ2n) is 7.71. The number of benzene rings is 1. The van der Waals surface area contributed by atoms with Crippen molar-refractivity contribution in [1.82, 2.24) is 4.90 Å². The van der Waals surface area contributed by atoms with Crippen LogP contribution < -0.4 is 4.74 Å². The Kier molecular flexibility index (Phi) is 6.16. The van der Waals surface area contributed by atoms with E-state index < -0.39 is 26.3 Å². The van der Waals surface area contributed by atoms with Crippen molar-refractivity contribution in [3.8, 4) is 5.75 Å². The summed E-state index contributed by atoms with van der Waals surface area (Å²) in [4.78, 5) is 38.5. The lowest BCUT2D eigenvalue weighted by molar-refractivity contribution is -0.158. The van der Waals surface area contributed by atoms with Gasteiger partial charge in [-0.2, -0.15) is 0 Å². The molecule has 152 valence electrons. The van der Waals surface area contributed by atoms with Crippen molar-refractivity contribution < 1.29 is 23.9 Å². The molecule has 0 bridgehead atoms. The average Bonchev–Trinajstić information content (AvgIpc) is 3.27. The van der Waals surface area contributed by atoms with E-state index in [1.807, 2.05) is 0 Å². The summed E-state index contributed by atoms with van der Waals surface area (Å²) < 4.78 is 9.36. The molecule has 1 unspecified atom stereocenters. The molecule has 1 amide bonds. The number of hydrogen-bond donors (Lipinski definition) is 0. The van der Waals surface area contributed by atoms with E-state index in [-0.39, 0.29) is 18.2 Å². The van der Waals surface area contributed by atoms with Crippen LogP contribution in [0.3, 0.4) is 0 Å². The normalized spacial score (nSPS) is 19.0. The van der Waals surface area contributed by atoms with E-state index in [2.05, 4.69) is 38.4 Å². The maximum Gasteiger partial charge on any atom is 0.327 e. The third kappa shape index (κ3) is 4.84. The van der Waals surface area contributed by atoms with Gasteiger partial charge in [0.05, 0.1) is 6.54 Å². The summed E-state index contributed by atoms with van der Waals surface area (Å²) in [6, 6.07) is 6.61. The van der Waals surface area contributed by atoms with Crippen LogP contribution in [0.25, 0.3) is 0 Å². The smallest absolute Gasteiger partial charge is 0.327 e. The molecule has 0 spiro atoms. The molecule has 0 aliphatic carbocycles. The van der Waals surface area contributed by atoms with E-state index in [0.29, 0.717) is 11.1 Å². The van der Waals surface area contributed by atoms with Gasteiger partial charge >= 0.3 is 11.9 Å². The average molecular weight is 517 g/mol. The van der Waals surface area contributed by atoms with Crippen LogP contribution in [0.1, 0.15) is 40.2 Å². The summed E-state index contributed by atoms with van der Waals surface area (Å²) in [6.45, 7) is 12.1. The van der Waals surface area contributed by atoms with Gasteiger partial charge in [0.2, 0.25) is 5.72 Å². The van der Waals surface area contributed by atoms with Gasteiger partial charge in [0.15, 0.2) is 0 Å². The van der Waals surface area contributed by atoms with Crippen LogP contribution in [0, 0.1) is 0 Å². The molecule has 2 rings (SSSR count). The second kappa shape index (κ2) is 7.63. The van der Waals surface area contributed by atoms with Crippen LogP contribution >= 0.6 is 31.9 Å². The van der Waals surface area contributed by atoms with Crippen LogP contribution in [0.4, 0.5) is 0 Å². The van der Waals surface area contributed by atoms with Crippen molar-refractivity contribution in [1.29, 1.82) is 0 Å². The van der Waals surface area contributed by atoms with Gasteiger partial charge in [0, 0.05) is 11.1 Å². The third-order valence-corrected chi connectivity index (χ3v) is 4.69.